The summed E-state index contributed by atoms with van der Waals surface area (Å²) in [5.41, 5.74) is 0. The minimum Gasteiger partial charge on any atom is -0.317 e. The van der Waals surface area contributed by atoms with E-state index in [0.717, 1.165) is 50.6 Å². The van der Waals surface area contributed by atoms with Crippen molar-refractivity contribution in [2.24, 2.45) is 17.8 Å². The van der Waals surface area contributed by atoms with E-state index < -0.39 is 0 Å². The summed E-state index contributed by atoms with van der Waals surface area (Å²) in [4.78, 5) is 12.1. The predicted molar refractivity (Wildman–Crippen MR) is 71.0 cm³/mol. The molecule has 0 atom stereocenters. The third-order valence-electron chi connectivity index (χ3n) is 4.73. The fraction of sp³-hybridized carbons (Fsp3) is 0.933. The van der Waals surface area contributed by atoms with E-state index in [0.29, 0.717) is 11.7 Å². The lowest BCUT2D eigenvalue weighted by molar-refractivity contribution is -0.124. The van der Waals surface area contributed by atoms with Crippen LogP contribution in [-0.2, 0) is 4.79 Å². The van der Waals surface area contributed by atoms with Gasteiger partial charge < -0.3 is 5.32 Å². The summed E-state index contributed by atoms with van der Waals surface area (Å²) in [6.07, 6.45) is 9.40. The number of hydrogen-bond acceptors (Lipinski definition) is 2. The Kier molecular flexibility index (Phi) is 5.02. The van der Waals surface area contributed by atoms with Gasteiger partial charge in [0.2, 0.25) is 0 Å². The summed E-state index contributed by atoms with van der Waals surface area (Å²) in [5, 5.41) is 3.39. The van der Waals surface area contributed by atoms with Crippen LogP contribution in [0.15, 0.2) is 0 Å². The molecule has 1 aliphatic heterocycles. The highest BCUT2D eigenvalue weighted by Crippen LogP contribution is 2.30. The molecule has 2 heteroatoms. The van der Waals surface area contributed by atoms with Gasteiger partial charge >= 0.3 is 0 Å². The SMILES string of the molecule is CC1CCC(C(=O)CCC2CCNCC2)CC1. The molecule has 0 aromatic rings. The van der Waals surface area contributed by atoms with Crippen LogP contribution in [0.4, 0.5) is 0 Å². The van der Waals surface area contributed by atoms with E-state index in [-0.39, 0.29) is 0 Å². The van der Waals surface area contributed by atoms with E-state index >= 15 is 0 Å². The molecule has 1 heterocycles. The molecular formula is C15H27NO. The molecule has 0 bridgehead atoms. The first-order chi connectivity index (χ1) is 8.25. The summed E-state index contributed by atoms with van der Waals surface area (Å²) in [7, 11) is 0. The Morgan fingerprint density at radius 3 is 2.35 bits per heavy atom. The molecule has 0 unspecified atom stereocenters. The van der Waals surface area contributed by atoms with Gasteiger partial charge in [-0.25, -0.2) is 0 Å². The molecule has 0 amide bonds. The maximum atomic E-state index is 12.1. The number of rotatable bonds is 4. The number of piperidine rings is 1. The van der Waals surface area contributed by atoms with Crippen molar-refractivity contribution >= 4 is 5.78 Å². The number of nitrogens with one attached hydrogen (secondary N) is 1. The Morgan fingerprint density at radius 2 is 1.71 bits per heavy atom. The molecular weight excluding hydrogens is 210 g/mol. The van der Waals surface area contributed by atoms with Gasteiger partial charge in [-0.3, -0.25) is 4.79 Å². The zero-order valence-electron chi connectivity index (χ0n) is 11.2. The lowest BCUT2D eigenvalue weighted by Crippen LogP contribution is -2.28. The smallest absolute Gasteiger partial charge is 0.135 e. The fourth-order valence-electron chi connectivity index (χ4n) is 3.30. The Labute approximate surface area is 106 Å². The third-order valence-corrected chi connectivity index (χ3v) is 4.73. The molecule has 1 saturated carbocycles. The summed E-state index contributed by atoms with van der Waals surface area (Å²) in [6.45, 7) is 4.62. The first-order valence-corrected chi connectivity index (χ1v) is 7.49. The van der Waals surface area contributed by atoms with Crippen molar-refractivity contribution in [3.8, 4) is 0 Å². The van der Waals surface area contributed by atoms with E-state index in [1.165, 1.54) is 25.7 Å². The molecule has 0 spiro atoms. The molecule has 2 nitrogen and oxygen atoms in total. The van der Waals surface area contributed by atoms with Gasteiger partial charge in [0.05, 0.1) is 0 Å². The van der Waals surface area contributed by atoms with E-state index in [4.69, 9.17) is 0 Å². The molecule has 0 radical (unpaired) electrons. The van der Waals surface area contributed by atoms with Crippen molar-refractivity contribution in [1.29, 1.82) is 0 Å². The fourth-order valence-corrected chi connectivity index (χ4v) is 3.30. The average Bonchev–Trinajstić information content (AvgIpc) is 2.38. The molecule has 2 rings (SSSR count). The Bertz CT molecular complexity index is 237. The molecule has 1 N–H and O–H groups in total. The number of ketones is 1. The van der Waals surface area contributed by atoms with Gasteiger partial charge in [0, 0.05) is 12.3 Å². The largest absolute Gasteiger partial charge is 0.317 e. The van der Waals surface area contributed by atoms with Gasteiger partial charge in [0.15, 0.2) is 0 Å². The molecule has 2 fully saturated rings. The minimum atomic E-state index is 0.410. The van der Waals surface area contributed by atoms with Gasteiger partial charge in [0.1, 0.15) is 5.78 Å². The standard InChI is InChI=1S/C15H27NO/c1-12-2-5-14(6-3-12)15(17)7-4-13-8-10-16-11-9-13/h12-14,16H,2-11H2,1H3. The Hall–Kier alpha value is -0.370. The number of Topliss-reactive ketones (excluding diaryl/α,β-unsaturated/α-hetero) is 1. The van der Waals surface area contributed by atoms with E-state index in [1.54, 1.807) is 0 Å². The normalized spacial score (nSPS) is 31.4. The first kappa shape index (κ1) is 13.1. The Morgan fingerprint density at radius 1 is 1.06 bits per heavy atom. The summed E-state index contributed by atoms with van der Waals surface area (Å²) in [5.74, 6) is 2.63. The van der Waals surface area contributed by atoms with Crippen molar-refractivity contribution in [3.05, 3.63) is 0 Å². The van der Waals surface area contributed by atoms with Crippen molar-refractivity contribution in [1.82, 2.24) is 5.32 Å². The third kappa shape index (κ3) is 4.09. The van der Waals surface area contributed by atoms with Gasteiger partial charge in [-0.2, -0.15) is 0 Å². The lowest BCUT2D eigenvalue weighted by atomic mass is 9.79. The predicted octanol–water partition coefficient (Wildman–Crippen LogP) is 3.16. The highest BCUT2D eigenvalue weighted by atomic mass is 16.1. The van der Waals surface area contributed by atoms with Crippen molar-refractivity contribution in [2.45, 2.75) is 58.3 Å². The summed E-state index contributed by atoms with van der Waals surface area (Å²) < 4.78 is 0. The van der Waals surface area contributed by atoms with Crippen LogP contribution in [0.5, 0.6) is 0 Å². The molecule has 0 aromatic heterocycles. The zero-order valence-corrected chi connectivity index (χ0v) is 11.2. The van der Waals surface area contributed by atoms with E-state index in [9.17, 15) is 4.79 Å². The second-order valence-electron chi connectivity index (χ2n) is 6.16. The molecule has 0 aromatic carbocycles. The van der Waals surface area contributed by atoms with Crippen LogP contribution < -0.4 is 5.32 Å². The second-order valence-corrected chi connectivity index (χ2v) is 6.16. The first-order valence-electron chi connectivity index (χ1n) is 7.49. The second kappa shape index (κ2) is 6.53. The van der Waals surface area contributed by atoms with Crippen molar-refractivity contribution in [3.63, 3.8) is 0 Å². The van der Waals surface area contributed by atoms with Crippen LogP contribution in [0.2, 0.25) is 0 Å². The minimum absolute atomic E-state index is 0.410. The maximum absolute atomic E-state index is 12.1. The number of carbonyl (C=O) groups is 1. The molecule has 17 heavy (non-hydrogen) atoms. The van der Waals surface area contributed by atoms with Gasteiger partial charge in [-0.15, -0.1) is 0 Å². The Balaban J connectivity index is 1.66. The topological polar surface area (TPSA) is 29.1 Å². The molecule has 1 saturated heterocycles. The van der Waals surface area contributed by atoms with Gasteiger partial charge in [0.25, 0.3) is 0 Å². The quantitative estimate of drug-likeness (QED) is 0.813. The molecule has 2 aliphatic rings. The summed E-state index contributed by atoms with van der Waals surface area (Å²) >= 11 is 0. The zero-order chi connectivity index (χ0) is 12.1. The molecule has 1 aliphatic carbocycles. The van der Waals surface area contributed by atoms with Crippen LogP contribution in [0.25, 0.3) is 0 Å². The highest BCUT2D eigenvalue weighted by Gasteiger charge is 2.24. The van der Waals surface area contributed by atoms with Gasteiger partial charge in [-0.1, -0.05) is 19.8 Å². The molecule has 98 valence electrons. The van der Waals surface area contributed by atoms with Gasteiger partial charge in [-0.05, 0) is 57.0 Å². The van der Waals surface area contributed by atoms with Crippen LogP contribution >= 0.6 is 0 Å². The van der Waals surface area contributed by atoms with Crippen molar-refractivity contribution < 1.29 is 4.79 Å². The van der Waals surface area contributed by atoms with Crippen LogP contribution in [0.1, 0.15) is 58.3 Å². The highest BCUT2D eigenvalue weighted by molar-refractivity contribution is 5.81. The average molecular weight is 237 g/mol. The van der Waals surface area contributed by atoms with Crippen LogP contribution in [-0.4, -0.2) is 18.9 Å². The monoisotopic (exact) mass is 237 g/mol. The lowest BCUT2D eigenvalue weighted by Gasteiger charge is -2.26. The van der Waals surface area contributed by atoms with Crippen LogP contribution in [0.3, 0.4) is 0 Å². The summed E-state index contributed by atoms with van der Waals surface area (Å²) in [6, 6.07) is 0. The van der Waals surface area contributed by atoms with Crippen molar-refractivity contribution in [2.75, 3.05) is 13.1 Å². The number of hydrogen-bond donors (Lipinski definition) is 1. The van der Waals surface area contributed by atoms with E-state index in [2.05, 4.69) is 12.2 Å². The number of carbonyl (C=O) groups excluding carboxylic acids is 1. The van der Waals surface area contributed by atoms with E-state index in [1.807, 2.05) is 0 Å². The van der Waals surface area contributed by atoms with Crippen LogP contribution in [0, 0.1) is 17.8 Å². The maximum Gasteiger partial charge on any atom is 0.135 e.